The van der Waals surface area contributed by atoms with E-state index in [2.05, 4.69) is 22.0 Å². The van der Waals surface area contributed by atoms with Crippen molar-refractivity contribution in [1.29, 1.82) is 0 Å². The fraction of sp³-hybridized carbons (Fsp3) is 0.933. The molecule has 114 valence electrons. The molecule has 0 aliphatic carbocycles. The van der Waals surface area contributed by atoms with Crippen LogP contribution >= 0.6 is 0 Å². The van der Waals surface area contributed by atoms with Crippen molar-refractivity contribution in [3.05, 3.63) is 0 Å². The molecule has 0 aromatic carbocycles. The average molecular weight is 281 g/mol. The molecule has 3 aliphatic rings. The number of nitrogens with zero attached hydrogens (tertiary/aromatic N) is 2. The molecule has 3 unspecified atom stereocenters. The lowest BCUT2D eigenvalue weighted by Gasteiger charge is -2.33. The molecule has 3 aliphatic heterocycles. The van der Waals surface area contributed by atoms with E-state index < -0.39 is 0 Å². The van der Waals surface area contributed by atoms with Crippen LogP contribution in [-0.2, 0) is 9.53 Å². The van der Waals surface area contributed by atoms with Crippen LogP contribution in [0.2, 0.25) is 0 Å². The number of rotatable bonds is 2. The first kappa shape index (κ1) is 14.3. The molecule has 1 amide bonds. The predicted octanol–water partition coefficient (Wildman–Crippen LogP) is 0.308. The minimum absolute atomic E-state index is 0.203. The van der Waals surface area contributed by atoms with Crippen molar-refractivity contribution in [2.45, 2.75) is 38.3 Å². The van der Waals surface area contributed by atoms with E-state index in [9.17, 15) is 4.79 Å². The first-order valence-electron chi connectivity index (χ1n) is 8.08. The van der Waals surface area contributed by atoms with Gasteiger partial charge in [0.25, 0.3) is 0 Å². The fourth-order valence-corrected chi connectivity index (χ4v) is 3.65. The average Bonchev–Trinajstić information content (AvgIpc) is 2.98. The second-order valence-electron chi connectivity index (χ2n) is 6.46. The highest BCUT2D eigenvalue weighted by Gasteiger charge is 2.34. The Labute approximate surface area is 121 Å². The molecule has 3 heterocycles. The maximum atomic E-state index is 12.6. The summed E-state index contributed by atoms with van der Waals surface area (Å²) in [6.07, 6.45) is 3.30. The Morgan fingerprint density at radius 2 is 1.95 bits per heavy atom. The molecule has 1 N–H and O–H groups in total. The number of carbonyl (C=O) groups excluding carboxylic acids is 1. The van der Waals surface area contributed by atoms with Crippen molar-refractivity contribution in [1.82, 2.24) is 15.1 Å². The summed E-state index contributed by atoms with van der Waals surface area (Å²) < 4.78 is 5.41. The lowest BCUT2D eigenvalue weighted by Crippen LogP contribution is -2.47. The fourth-order valence-electron chi connectivity index (χ4n) is 3.65. The highest BCUT2D eigenvalue weighted by Crippen LogP contribution is 2.22. The van der Waals surface area contributed by atoms with E-state index >= 15 is 0 Å². The Morgan fingerprint density at radius 3 is 2.65 bits per heavy atom. The Balaban J connectivity index is 1.50. The summed E-state index contributed by atoms with van der Waals surface area (Å²) in [5.41, 5.74) is 0. The molecule has 5 nitrogen and oxygen atoms in total. The van der Waals surface area contributed by atoms with Crippen molar-refractivity contribution >= 4 is 5.91 Å². The normalized spacial score (nSPS) is 36.2. The van der Waals surface area contributed by atoms with Crippen LogP contribution < -0.4 is 5.32 Å². The predicted molar refractivity (Wildman–Crippen MR) is 77.6 cm³/mol. The van der Waals surface area contributed by atoms with Gasteiger partial charge in [0, 0.05) is 44.8 Å². The van der Waals surface area contributed by atoms with Gasteiger partial charge in [-0.25, -0.2) is 0 Å². The smallest absolute Gasteiger partial charge is 0.227 e. The zero-order chi connectivity index (χ0) is 13.9. The number of amides is 1. The zero-order valence-electron chi connectivity index (χ0n) is 12.5. The molecule has 5 heteroatoms. The number of piperidine rings is 1. The molecular weight excluding hydrogens is 254 g/mol. The van der Waals surface area contributed by atoms with E-state index in [1.54, 1.807) is 0 Å². The molecule has 20 heavy (non-hydrogen) atoms. The molecule has 3 rings (SSSR count). The van der Waals surface area contributed by atoms with Gasteiger partial charge in [-0.2, -0.15) is 0 Å². The van der Waals surface area contributed by atoms with Crippen molar-refractivity contribution in [2.24, 2.45) is 5.92 Å². The molecule has 0 radical (unpaired) electrons. The first-order chi connectivity index (χ1) is 9.74. The Kier molecular flexibility index (Phi) is 4.58. The minimum atomic E-state index is 0.203. The lowest BCUT2D eigenvalue weighted by atomic mass is 9.94. The number of nitrogens with one attached hydrogen (secondary N) is 1. The van der Waals surface area contributed by atoms with E-state index in [4.69, 9.17) is 4.74 Å². The summed E-state index contributed by atoms with van der Waals surface area (Å²) >= 11 is 0. The number of hydrogen-bond acceptors (Lipinski definition) is 4. The van der Waals surface area contributed by atoms with Gasteiger partial charge in [-0.1, -0.05) is 0 Å². The SMILES string of the molecule is CC1CCC(C(=O)N2CCC(N3CCOCC3)C2)CN1. The molecule has 0 spiro atoms. The highest BCUT2D eigenvalue weighted by molar-refractivity contribution is 5.79. The summed E-state index contributed by atoms with van der Waals surface area (Å²) in [6.45, 7) is 8.65. The molecule has 3 saturated heterocycles. The largest absolute Gasteiger partial charge is 0.379 e. The van der Waals surface area contributed by atoms with Gasteiger partial charge >= 0.3 is 0 Å². The lowest BCUT2D eigenvalue weighted by molar-refractivity contribution is -0.135. The van der Waals surface area contributed by atoms with E-state index in [-0.39, 0.29) is 5.92 Å². The van der Waals surface area contributed by atoms with Gasteiger partial charge in [-0.05, 0) is 26.2 Å². The highest BCUT2D eigenvalue weighted by atomic mass is 16.5. The van der Waals surface area contributed by atoms with Crippen LogP contribution in [0, 0.1) is 5.92 Å². The van der Waals surface area contributed by atoms with Crippen LogP contribution in [0.15, 0.2) is 0 Å². The maximum Gasteiger partial charge on any atom is 0.227 e. The third kappa shape index (κ3) is 3.15. The summed E-state index contributed by atoms with van der Waals surface area (Å²) in [4.78, 5) is 17.2. The van der Waals surface area contributed by atoms with Gasteiger partial charge in [0.2, 0.25) is 5.91 Å². The molecule has 0 aromatic rings. The number of ether oxygens (including phenoxy) is 1. The zero-order valence-corrected chi connectivity index (χ0v) is 12.5. The molecule has 3 atom stereocenters. The van der Waals surface area contributed by atoms with Gasteiger partial charge in [-0.3, -0.25) is 9.69 Å². The number of morpholine rings is 1. The second-order valence-corrected chi connectivity index (χ2v) is 6.46. The molecule has 0 aromatic heterocycles. The van der Waals surface area contributed by atoms with Crippen LogP contribution in [0.3, 0.4) is 0 Å². The van der Waals surface area contributed by atoms with E-state index in [0.717, 1.165) is 65.2 Å². The van der Waals surface area contributed by atoms with Gasteiger partial charge in [0.15, 0.2) is 0 Å². The van der Waals surface area contributed by atoms with Crippen molar-refractivity contribution in [2.75, 3.05) is 45.9 Å². The molecule has 3 fully saturated rings. The second kappa shape index (κ2) is 6.41. The van der Waals surface area contributed by atoms with Crippen molar-refractivity contribution < 1.29 is 9.53 Å². The topological polar surface area (TPSA) is 44.8 Å². The monoisotopic (exact) mass is 281 g/mol. The summed E-state index contributed by atoms with van der Waals surface area (Å²) in [6, 6.07) is 1.12. The summed E-state index contributed by atoms with van der Waals surface area (Å²) in [5, 5.41) is 3.44. The standard InChI is InChI=1S/C15H27N3O2/c1-12-2-3-13(10-16-12)15(19)18-5-4-14(11-18)17-6-8-20-9-7-17/h12-14,16H,2-11H2,1H3. The number of likely N-dealkylation sites (tertiary alicyclic amines) is 1. The van der Waals surface area contributed by atoms with E-state index in [0.29, 0.717) is 18.0 Å². The van der Waals surface area contributed by atoms with Crippen LogP contribution in [0.25, 0.3) is 0 Å². The molecule has 0 bridgehead atoms. The third-order valence-electron chi connectivity index (χ3n) is 5.05. The summed E-state index contributed by atoms with van der Waals surface area (Å²) in [5.74, 6) is 0.579. The molecule has 0 saturated carbocycles. The third-order valence-corrected chi connectivity index (χ3v) is 5.05. The maximum absolute atomic E-state index is 12.6. The van der Waals surface area contributed by atoms with Crippen molar-refractivity contribution in [3.63, 3.8) is 0 Å². The van der Waals surface area contributed by atoms with E-state index in [1.807, 2.05) is 0 Å². The quantitative estimate of drug-likeness (QED) is 0.791. The Morgan fingerprint density at radius 1 is 1.15 bits per heavy atom. The van der Waals surface area contributed by atoms with E-state index in [1.165, 1.54) is 0 Å². The summed E-state index contributed by atoms with van der Waals surface area (Å²) in [7, 11) is 0. The molecular formula is C15H27N3O2. The van der Waals surface area contributed by atoms with Crippen LogP contribution in [0.4, 0.5) is 0 Å². The van der Waals surface area contributed by atoms with Crippen LogP contribution in [0.1, 0.15) is 26.2 Å². The van der Waals surface area contributed by atoms with Gasteiger partial charge in [0.1, 0.15) is 0 Å². The first-order valence-corrected chi connectivity index (χ1v) is 8.08. The van der Waals surface area contributed by atoms with Crippen molar-refractivity contribution in [3.8, 4) is 0 Å². The Bertz CT molecular complexity index is 336. The van der Waals surface area contributed by atoms with Crippen LogP contribution in [0.5, 0.6) is 0 Å². The van der Waals surface area contributed by atoms with Gasteiger partial charge in [0.05, 0.1) is 19.1 Å². The minimum Gasteiger partial charge on any atom is -0.379 e. The Hall–Kier alpha value is -0.650. The number of hydrogen-bond donors (Lipinski definition) is 1. The number of carbonyl (C=O) groups is 1. The van der Waals surface area contributed by atoms with Gasteiger partial charge in [-0.15, -0.1) is 0 Å². The van der Waals surface area contributed by atoms with Crippen LogP contribution in [-0.4, -0.2) is 73.7 Å². The van der Waals surface area contributed by atoms with Gasteiger partial charge < -0.3 is 15.0 Å².